The van der Waals surface area contributed by atoms with E-state index in [-0.39, 0.29) is 17.8 Å². The fourth-order valence-corrected chi connectivity index (χ4v) is 3.79. The molecule has 0 radical (unpaired) electrons. The lowest BCUT2D eigenvalue weighted by atomic mass is 10.5. The van der Waals surface area contributed by atoms with Gasteiger partial charge in [-0.2, -0.15) is 0 Å². The largest absolute Gasteiger partial charge is 0.500 e. The monoisotopic (exact) mass is 312 g/mol. The Bertz CT molecular complexity index is 241. The van der Waals surface area contributed by atoms with Gasteiger partial charge in [0.1, 0.15) is 0 Å². The topological polar surface area (TPSA) is 74.2 Å². The first-order valence-electron chi connectivity index (χ1n) is 6.09. The fraction of sp³-hybridized carbons (Fsp3) is 0.909. The quantitative estimate of drug-likeness (QED) is 0.345. The minimum absolute atomic E-state index is 0.0614. The van der Waals surface area contributed by atoms with Gasteiger partial charge in [0.15, 0.2) is 0 Å². The number of hydrogen-bond acceptors (Lipinski definition) is 7. The van der Waals surface area contributed by atoms with Crippen LogP contribution in [-0.2, 0) is 22.8 Å². The minimum Gasteiger partial charge on any atom is -0.465 e. The molecule has 0 rings (SSSR count). The van der Waals surface area contributed by atoms with Crippen molar-refractivity contribution in [2.75, 3.05) is 40.3 Å². The lowest BCUT2D eigenvalue weighted by molar-refractivity contribution is -0.142. The Morgan fingerprint density at radius 3 is 2.32 bits per heavy atom. The van der Waals surface area contributed by atoms with E-state index in [9.17, 15) is 4.79 Å². The first-order chi connectivity index (χ1) is 9.05. The zero-order chi connectivity index (χ0) is 14.7. The number of esters is 1. The van der Waals surface area contributed by atoms with Gasteiger partial charge >= 0.3 is 14.8 Å². The van der Waals surface area contributed by atoms with Crippen LogP contribution in [0, 0.1) is 0 Å². The van der Waals surface area contributed by atoms with Gasteiger partial charge in [0, 0.05) is 33.1 Å². The molecule has 1 atom stereocenters. The van der Waals surface area contributed by atoms with E-state index < -0.39 is 8.80 Å². The molecule has 0 heterocycles. The Kier molecular flexibility index (Phi) is 10.6. The first-order valence-corrected chi connectivity index (χ1v) is 9.07. The van der Waals surface area contributed by atoms with E-state index in [0.29, 0.717) is 24.8 Å². The lowest BCUT2D eigenvalue weighted by Gasteiger charge is -2.24. The predicted molar refractivity (Wildman–Crippen MR) is 76.2 cm³/mol. The van der Waals surface area contributed by atoms with E-state index in [1.54, 1.807) is 28.3 Å². The summed E-state index contributed by atoms with van der Waals surface area (Å²) in [5.41, 5.74) is 0. The summed E-state index contributed by atoms with van der Waals surface area (Å²) in [7, 11) is 2.10. The van der Waals surface area contributed by atoms with Crippen LogP contribution in [-0.4, -0.2) is 65.4 Å². The summed E-state index contributed by atoms with van der Waals surface area (Å²) in [6.07, 6.45) is 0.630. The molecule has 0 aromatic heterocycles. The smallest absolute Gasteiger partial charge is 0.465 e. The van der Waals surface area contributed by atoms with Crippen LogP contribution in [0.15, 0.2) is 0 Å². The number of rotatable bonds is 11. The van der Waals surface area contributed by atoms with Crippen LogP contribution in [0.2, 0.25) is 6.04 Å². The summed E-state index contributed by atoms with van der Waals surface area (Å²) in [6, 6.07) is 0.599. The van der Waals surface area contributed by atoms with Gasteiger partial charge in [0.2, 0.25) is 0 Å². The van der Waals surface area contributed by atoms with Gasteiger partial charge in [-0.25, -0.2) is 0 Å². The maximum absolute atomic E-state index is 11.6. The zero-order valence-electron chi connectivity index (χ0n) is 12.0. The van der Waals surface area contributed by atoms with Crippen LogP contribution in [0.3, 0.4) is 0 Å². The SMILES string of the molecule is CO[Si](CCCOC(=O)C(C)SCCO)(OC)OC. The summed E-state index contributed by atoms with van der Waals surface area (Å²) in [5.74, 6) is 0.265. The highest BCUT2D eigenvalue weighted by Crippen LogP contribution is 2.16. The second kappa shape index (κ2) is 10.6. The molecule has 1 unspecified atom stereocenters. The third-order valence-electron chi connectivity index (χ3n) is 2.60. The van der Waals surface area contributed by atoms with Gasteiger partial charge in [0.05, 0.1) is 18.5 Å². The molecular formula is C11H24O6SSi. The first kappa shape index (κ1) is 18.9. The van der Waals surface area contributed by atoms with Gasteiger partial charge in [-0.1, -0.05) is 0 Å². The molecule has 0 saturated carbocycles. The number of ether oxygens (including phenoxy) is 1. The summed E-state index contributed by atoms with van der Waals surface area (Å²) in [5, 5.41) is 8.41. The molecule has 0 fully saturated rings. The molecule has 0 aliphatic heterocycles. The van der Waals surface area contributed by atoms with E-state index in [4.69, 9.17) is 23.1 Å². The normalized spacial score (nSPS) is 13.3. The average molecular weight is 312 g/mol. The molecule has 0 aromatic rings. The van der Waals surface area contributed by atoms with Crippen LogP contribution in [0.25, 0.3) is 0 Å². The van der Waals surface area contributed by atoms with Crippen molar-refractivity contribution in [1.82, 2.24) is 0 Å². The highest BCUT2D eigenvalue weighted by molar-refractivity contribution is 8.00. The van der Waals surface area contributed by atoms with E-state index in [0.717, 1.165) is 0 Å². The third-order valence-corrected chi connectivity index (χ3v) is 6.54. The van der Waals surface area contributed by atoms with Crippen LogP contribution in [0.5, 0.6) is 0 Å². The molecule has 0 aliphatic carbocycles. The molecule has 114 valence electrons. The van der Waals surface area contributed by atoms with Crippen molar-refractivity contribution in [1.29, 1.82) is 0 Å². The van der Waals surface area contributed by atoms with E-state index in [1.807, 2.05) is 0 Å². The Labute approximate surface area is 120 Å². The maximum Gasteiger partial charge on any atom is 0.500 e. The number of aliphatic hydroxyl groups excluding tert-OH is 1. The number of hydrogen-bond donors (Lipinski definition) is 1. The van der Waals surface area contributed by atoms with Crippen LogP contribution in [0.4, 0.5) is 0 Å². The Morgan fingerprint density at radius 2 is 1.84 bits per heavy atom. The number of carbonyl (C=O) groups excluding carboxylic acids is 1. The molecule has 0 aromatic carbocycles. The van der Waals surface area contributed by atoms with Gasteiger partial charge in [-0.15, -0.1) is 11.8 Å². The number of carbonyl (C=O) groups is 1. The fourth-order valence-electron chi connectivity index (χ4n) is 1.43. The Balaban J connectivity index is 3.87. The van der Waals surface area contributed by atoms with Gasteiger partial charge in [-0.3, -0.25) is 4.79 Å². The van der Waals surface area contributed by atoms with Crippen molar-refractivity contribution in [3.63, 3.8) is 0 Å². The standard InChI is InChI=1S/C11H24O6SSi/c1-10(18-8-6-12)11(13)17-7-5-9-19(14-2,15-3)16-4/h10,12H,5-9H2,1-4H3. The lowest BCUT2D eigenvalue weighted by Crippen LogP contribution is -2.42. The molecule has 1 N–H and O–H groups in total. The average Bonchev–Trinajstić information content (AvgIpc) is 2.45. The van der Waals surface area contributed by atoms with Gasteiger partial charge in [-0.05, 0) is 13.3 Å². The Morgan fingerprint density at radius 1 is 1.26 bits per heavy atom. The second-order valence-electron chi connectivity index (χ2n) is 3.80. The summed E-state index contributed by atoms with van der Waals surface area (Å²) < 4.78 is 20.9. The van der Waals surface area contributed by atoms with Crippen molar-refractivity contribution >= 4 is 26.5 Å². The molecule has 6 nitrogen and oxygen atoms in total. The van der Waals surface area contributed by atoms with Crippen molar-refractivity contribution in [2.24, 2.45) is 0 Å². The van der Waals surface area contributed by atoms with E-state index >= 15 is 0 Å². The van der Waals surface area contributed by atoms with Crippen LogP contribution >= 0.6 is 11.8 Å². The summed E-state index contributed by atoms with van der Waals surface area (Å²) in [4.78, 5) is 11.6. The molecule has 19 heavy (non-hydrogen) atoms. The molecule has 8 heteroatoms. The van der Waals surface area contributed by atoms with Crippen molar-refractivity contribution < 1.29 is 27.9 Å². The minimum atomic E-state index is -2.57. The molecule has 0 spiro atoms. The maximum atomic E-state index is 11.6. The van der Waals surface area contributed by atoms with Gasteiger partial charge in [0.25, 0.3) is 0 Å². The van der Waals surface area contributed by atoms with Crippen LogP contribution in [0.1, 0.15) is 13.3 Å². The van der Waals surface area contributed by atoms with Crippen molar-refractivity contribution in [3.8, 4) is 0 Å². The van der Waals surface area contributed by atoms with E-state index in [2.05, 4.69) is 0 Å². The highest BCUT2D eigenvalue weighted by atomic mass is 32.2. The van der Waals surface area contributed by atoms with Crippen molar-refractivity contribution in [3.05, 3.63) is 0 Å². The third kappa shape index (κ3) is 7.28. The molecular weight excluding hydrogens is 288 g/mol. The van der Waals surface area contributed by atoms with Gasteiger partial charge < -0.3 is 23.1 Å². The van der Waals surface area contributed by atoms with E-state index in [1.165, 1.54) is 11.8 Å². The second-order valence-corrected chi connectivity index (χ2v) is 8.34. The number of thioether (sulfide) groups is 1. The number of aliphatic hydroxyl groups is 1. The summed E-state index contributed by atoms with van der Waals surface area (Å²) in [6.45, 7) is 2.14. The zero-order valence-corrected chi connectivity index (χ0v) is 13.8. The molecule has 0 bridgehead atoms. The summed E-state index contributed by atoms with van der Waals surface area (Å²) >= 11 is 1.37. The van der Waals surface area contributed by atoms with Crippen molar-refractivity contribution in [2.45, 2.75) is 24.6 Å². The predicted octanol–water partition coefficient (Wildman–Crippen LogP) is 0.912. The molecule has 0 amide bonds. The Hall–Kier alpha value is -0.123. The molecule has 0 saturated heterocycles. The van der Waals surface area contributed by atoms with Crippen LogP contribution < -0.4 is 0 Å². The highest BCUT2D eigenvalue weighted by Gasteiger charge is 2.37. The molecule has 0 aliphatic rings.